The lowest BCUT2D eigenvalue weighted by Crippen LogP contribution is -2.21. The van der Waals surface area contributed by atoms with Crippen LogP contribution in [0.3, 0.4) is 0 Å². The van der Waals surface area contributed by atoms with Gasteiger partial charge in [-0.25, -0.2) is 4.39 Å². The molecule has 4 heteroatoms. The van der Waals surface area contributed by atoms with E-state index >= 15 is 0 Å². The van der Waals surface area contributed by atoms with Gasteiger partial charge in [-0.05, 0) is 78.3 Å². The molecule has 1 aliphatic carbocycles. The van der Waals surface area contributed by atoms with Crippen molar-refractivity contribution in [3.63, 3.8) is 0 Å². The van der Waals surface area contributed by atoms with Crippen LogP contribution < -0.4 is 0 Å². The molecule has 106 valence electrons. The summed E-state index contributed by atoms with van der Waals surface area (Å²) in [6, 6.07) is 3.57. The lowest BCUT2D eigenvalue weighted by Gasteiger charge is -2.29. The zero-order valence-electron chi connectivity index (χ0n) is 11.1. The van der Waals surface area contributed by atoms with Gasteiger partial charge < -0.3 is 4.74 Å². The Labute approximate surface area is 133 Å². The molecule has 1 saturated carbocycles. The summed E-state index contributed by atoms with van der Waals surface area (Å²) < 4.78 is 20.0. The molecule has 0 radical (unpaired) electrons. The van der Waals surface area contributed by atoms with Gasteiger partial charge in [0.05, 0.1) is 14.7 Å². The molecule has 0 amide bonds. The highest BCUT2D eigenvalue weighted by atomic mass is 127. The first kappa shape index (κ1) is 15.5. The molecule has 0 bridgehead atoms. The van der Waals surface area contributed by atoms with Crippen molar-refractivity contribution in [3.8, 4) is 0 Å². The van der Waals surface area contributed by atoms with Gasteiger partial charge in [-0.2, -0.15) is 0 Å². The molecule has 0 N–H and O–H groups in total. The highest BCUT2D eigenvalue weighted by molar-refractivity contribution is 14.1. The van der Waals surface area contributed by atoms with Gasteiger partial charge in [-0.1, -0.05) is 18.5 Å². The SMILES string of the molecule is CCCOC1CCC(c2cc(F)c(I)c(Cl)c2)CC1. The molecular formula is C15H19ClFIO. The highest BCUT2D eigenvalue weighted by Gasteiger charge is 2.23. The maximum absolute atomic E-state index is 13.7. The molecule has 0 saturated heterocycles. The second-order valence-electron chi connectivity index (χ2n) is 5.14. The fourth-order valence-electron chi connectivity index (χ4n) is 2.66. The molecule has 0 spiro atoms. The van der Waals surface area contributed by atoms with Gasteiger partial charge in [0.15, 0.2) is 0 Å². The van der Waals surface area contributed by atoms with Crippen molar-refractivity contribution in [2.75, 3.05) is 6.61 Å². The Hall–Kier alpha value is 0.130. The van der Waals surface area contributed by atoms with Crippen molar-refractivity contribution in [1.29, 1.82) is 0 Å². The molecule has 0 heterocycles. The fraction of sp³-hybridized carbons (Fsp3) is 0.600. The van der Waals surface area contributed by atoms with Crippen molar-refractivity contribution in [3.05, 3.63) is 32.1 Å². The molecule has 0 atom stereocenters. The maximum Gasteiger partial charge on any atom is 0.138 e. The minimum Gasteiger partial charge on any atom is -0.378 e. The molecular weight excluding hydrogens is 378 g/mol. The van der Waals surface area contributed by atoms with Crippen LogP contribution in [0.2, 0.25) is 5.02 Å². The van der Waals surface area contributed by atoms with Gasteiger partial charge in [-0.15, -0.1) is 0 Å². The van der Waals surface area contributed by atoms with Crippen LogP contribution >= 0.6 is 34.2 Å². The number of benzene rings is 1. The van der Waals surface area contributed by atoms with Gasteiger partial charge in [-0.3, -0.25) is 0 Å². The Bertz CT molecular complexity index is 407. The summed E-state index contributed by atoms with van der Waals surface area (Å²) in [7, 11) is 0. The van der Waals surface area contributed by atoms with E-state index in [1.165, 1.54) is 0 Å². The summed E-state index contributed by atoms with van der Waals surface area (Å²) in [6.07, 6.45) is 5.71. The van der Waals surface area contributed by atoms with Crippen molar-refractivity contribution in [1.82, 2.24) is 0 Å². The average Bonchev–Trinajstić information content (AvgIpc) is 2.42. The van der Waals surface area contributed by atoms with Crippen LogP contribution in [0.1, 0.15) is 50.5 Å². The highest BCUT2D eigenvalue weighted by Crippen LogP contribution is 2.36. The molecule has 2 rings (SSSR count). The molecule has 1 aromatic carbocycles. The Kier molecular flexibility index (Phi) is 5.90. The number of hydrogen-bond acceptors (Lipinski definition) is 1. The molecule has 1 aromatic rings. The van der Waals surface area contributed by atoms with E-state index in [0.29, 0.717) is 20.6 Å². The Morgan fingerprint density at radius 2 is 2.00 bits per heavy atom. The Morgan fingerprint density at radius 3 is 2.58 bits per heavy atom. The standard InChI is InChI=1S/C15H19ClFIO/c1-2-7-19-12-5-3-10(4-6-12)11-8-13(16)15(18)14(17)9-11/h8-10,12H,2-7H2,1H3. The van der Waals surface area contributed by atoms with Crippen LogP contribution in [0.15, 0.2) is 12.1 Å². The van der Waals surface area contributed by atoms with Crippen molar-refractivity contribution in [2.45, 2.75) is 51.0 Å². The summed E-state index contributed by atoms with van der Waals surface area (Å²) in [6.45, 7) is 2.97. The summed E-state index contributed by atoms with van der Waals surface area (Å²) in [4.78, 5) is 0. The van der Waals surface area contributed by atoms with Gasteiger partial charge >= 0.3 is 0 Å². The number of halogens is 3. The monoisotopic (exact) mass is 396 g/mol. The summed E-state index contributed by atoms with van der Waals surface area (Å²) in [5, 5.41) is 0.528. The molecule has 1 fully saturated rings. The van der Waals surface area contributed by atoms with Gasteiger partial charge in [0.1, 0.15) is 5.82 Å². The number of hydrogen-bond donors (Lipinski definition) is 0. The number of ether oxygens (including phenoxy) is 1. The third kappa shape index (κ3) is 4.05. The van der Waals surface area contributed by atoms with E-state index in [1.807, 2.05) is 28.7 Å². The maximum atomic E-state index is 13.7. The zero-order chi connectivity index (χ0) is 13.8. The third-order valence-corrected chi connectivity index (χ3v) is 5.42. The Morgan fingerprint density at radius 1 is 1.32 bits per heavy atom. The smallest absolute Gasteiger partial charge is 0.138 e. The molecule has 1 nitrogen and oxygen atoms in total. The predicted octanol–water partition coefficient (Wildman–Crippen LogP) is 5.54. The lowest BCUT2D eigenvalue weighted by molar-refractivity contribution is 0.0251. The summed E-state index contributed by atoms with van der Waals surface area (Å²) in [5.74, 6) is 0.220. The zero-order valence-corrected chi connectivity index (χ0v) is 14.0. The quantitative estimate of drug-likeness (QED) is 0.480. The normalized spacial score (nSPS) is 23.6. The third-order valence-electron chi connectivity index (χ3n) is 3.71. The predicted molar refractivity (Wildman–Crippen MR) is 85.4 cm³/mol. The van der Waals surface area contributed by atoms with E-state index < -0.39 is 0 Å². The van der Waals surface area contributed by atoms with Crippen LogP contribution in [-0.4, -0.2) is 12.7 Å². The van der Waals surface area contributed by atoms with Crippen molar-refractivity contribution in [2.24, 2.45) is 0 Å². The molecule has 1 aliphatic rings. The van der Waals surface area contributed by atoms with Gasteiger partial charge in [0, 0.05) is 6.61 Å². The van der Waals surface area contributed by atoms with Gasteiger partial charge in [0.2, 0.25) is 0 Å². The first-order chi connectivity index (χ1) is 9.11. The fourth-order valence-corrected chi connectivity index (χ4v) is 3.19. The Balaban J connectivity index is 1.98. The largest absolute Gasteiger partial charge is 0.378 e. The van der Waals surface area contributed by atoms with E-state index in [-0.39, 0.29) is 5.82 Å². The second kappa shape index (κ2) is 7.23. The second-order valence-corrected chi connectivity index (χ2v) is 6.63. The van der Waals surface area contributed by atoms with E-state index in [2.05, 4.69) is 6.92 Å². The van der Waals surface area contributed by atoms with Crippen LogP contribution in [0, 0.1) is 9.39 Å². The lowest BCUT2D eigenvalue weighted by atomic mass is 9.82. The van der Waals surface area contributed by atoms with E-state index in [1.54, 1.807) is 6.07 Å². The van der Waals surface area contributed by atoms with Crippen molar-refractivity contribution < 1.29 is 9.13 Å². The van der Waals surface area contributed by atoms with E-state index in [9.17, 15) is 4.39 Å². The first-order valence-corrected chi connectivity index (χ1v) is 8.33. The molecule has 0 aromatic heterocycles. The molecule has 0 unspecified atom stereocenters. The number of rotatable bonds is 4. The van der Waals surface area contributed by atoms with Gasteiger partial charge in [0.25, 0.3) is 0 Å². The minimum atomic E-state index is -0.201. The first-order valence-electron chi connectivity index (χ1n) is 6.87. The van der Waals surface area contributed by atoms with Crippen LogP contribution in [0.5, 0.6) is 0 Å². The topological polar surface area (TPSA) is 9.23 Å². The van der Waals surface area contributed by atoms with Crippen molar-refractivity contribution >= 4 is 34.2 Å². The average molecular weight is 397 g/mol. The summed E-state index contributed by atoms with van der Waals surface area (Å²) >= 11 is 8.01. The van der Waals surface area contributed by atoms with E-state index in [0.717, 1.165) is 44.3 Å². The van der Waals surface area contributed by atoms with Crippen LogP contribution in [0.25, 0.3) is 0 Å². The van der Waals surface area contributed by atoms with Crippen LogP contribution in [-0.2, 0) is 4.74 Å². The minimum absolute atomic E-state index is 0.201. The molecule has 19 heavy (non-hydrogen) atoms. The molecule has 0 aliphatic heterocycles. The summed E-state index contributed by atoms with van der Waals surface area (Å²) in [5.41, 5.74) is 1.04. The van der Waals surface area contributed by atoms with E-state index in [4.69, 9.17) is 16.3 Å². The van der Waals surface area contributed by atoms with Crippen LogP contribution in [0.4, 0.5) is 4.39 Å².